The quantitative estimate of drug-likeness (QED) is 0.810. The summed E-state index contributed by atoms with van der Waals surface area (Å²) in [4.78, 5) is 2.63. The second-order valence-electron chi connectivity index (χ2n) is 5.01. The Morgan fingerprint density at radius 3 is 2.53 bits per heavy atom. The molecule has 2 rings (SSSR count). The summed E-state index contributed by atoms with van der Waals surface area (Å²) in [6, 6.07) is 11.6. The lowest BCUT2D eigenvalue weighted by atomic mass is 9.78. The largest absolute Gasteiger partial charge is 0.319 e. The fourth-order valence-corrected chi connectivity index (χ4v) is 2.81. The van der Waals surface area contributed by atoms with Crippen LogP contribution in [0.4, 0.5) is 0 Å². The number of benzene rings is 1. The zero-order chi connectivity index (χ0) is 12.1. The van der Waals surface area contributed by atoms with Gasteiger partial charge < -0.3 is 5.32 Å². The molecule has 2 nitrogen and oxygen atoms in total. The van der Waals surface area contributed by atoms with Gasteiger partial charge in [-0.3, -0.25) is 4.90 Å². The summed E-state index contributed by atoms with van der Waals surface area (Å²) in [5, 5.41) is 3.32. The molecule has 0 aliphatic heterocycles. The summed E-state index contributed by atoms with van der Waals surface area (Å²) < 4.78 is 0. The van der Waals surface area contributed by atoms with Crippen LogP contribution in [-0.4, -0.2) is 31.1 Å². The zero-order valence-electron chi connectivity index (χ0n) is 11.0. The van der Waals surface area contributed by atoms with Crippen molar-refractivity contribution in [1.82, 2.24) is 10.2 Å². The molecule has 1 N–H and O–H groups in total. The molecule has 0 heterocycles. The fraction of sp³-hybridized carbons (Fsp3) is 0.600. The van der Waals surface area contributed by atoms with E-state index in [1.165, 1.54) is 18.4 Å². The molecule has 0 spiro atoms. The molecule has 1 aromatic rings. The van der Waals surface area contributed by atoms with Gasteiger partial charge in [-0.15, -0.1) is 0 Å². The molecule has 2 unspecified atom stereocenters. The van der Waals surface area contributed by atoms with Crippen LogP contribution in [0.15, 0.2) is 30.3 Å². The predicted octanol–water partition coefficient (Wildman–Crippen LogP) is 2.51. The average molecular weight is 232 g/mol. The molecule has 0 saturated heterocycles. The van der Waals surface area contributed by atoms with Gasteiger partial charge in [-0.25, -0.2) is 0 Å². The third-order valence-corrected chi connectivity index (χ3v) is 3.95. The van der Waals surface area contributed by atoms with E-state index in [0.717, 1.165) is 31.6 Å². The van der Waals surface area contributed by atoms with Gasteiger partial charge in [-0.1, -0.05) is 37.3 Å². The van der Waals surface area contributed by atoms with Crippen LogP contribution >= 0.6 is 0 Å². The maximum absolute atomic E-state index is 3.32. The highest BCUT2D eigenvalue weighted by Gasteiger charge is 2.33. The normalized spacial score (nSPS) is 23.7. The van der Waals surface area contributed by atoms with E-state index in [2.05, 4.69) is 54.5 Å². The summed E-state index contributed by atoms with van der Waals surface area (Å²) in [5.41, 5.74) is 1.43. The lowest BCUT2D eigenvalue weighted by Gasteiger charge is -2.44. The van der Waals surface area contributed by atoms with Crippen molar-refractivity contribution in [1.29, 1.82) is 0 Å². The minimum Gasteiger partial charge on any atom is -0.319 e. The smallest absolute Gasteiger partial charge is 0.0236 e. The summed E-state index contributed by atoms with van der Waals surface area (Å²) in [7, 11) is 2.06. The van der Waals surface area contributed by atoms with Crippen molar-refractivity contribution in [3.63, 3.8) is 0 Å². The molecule has 1 saturated carbocycles. The van der Waals surface area contributed by atoms with E-state index < -0.39 is 0 Å². The standard InChI is InChI=1S/C15H24N2/c1-3-17(12-13-7-5-4-6-8-13)15-10-9-14(15)11-16-2/h4-8,14-16H,3,9-12H2,1-2H3. The van der Waals surface area contributed by atoms with E-state index in [4.69, 9.17) is 0 Å². The first-order valence-corrected chi connectivity index (χ1v) is 6.77. The van der Waals surface area contributed by atoms with Gasteiger partial charge in [-0.2, -0.15) is 0 Å². The Labute approximate surface area is 105 Å². The van der Waals surface area contributed by atoms with Crippen molar-refractivity contribution in [2.45, 2.75) is 32.4 Å². The number of hydrogen-bond donors (Lipinski definition) is 1. The van der Waals surface area contributed by atoms with Crippen molar-refractivity contribution in [2.75, 3.05) is 20.1 Å². The van der Waals surface area contributed by atoms with E-state index in [1.54, 1.807) is 0 Å². The maximum Gasteiger partial charge on any atom is 0.0236 e. The third-order valence-electron chi connectivity index (χ3n) is 3.95. The lowest BCUT2D eigenvalue weighted by Crippen LogP contribution is -2.49. The SMILES string of the molecule is CCN(Cc1ccccc1)C1CCC1CNC. The molecule has 17 heavy (non-hydrogen) atoms. The monoisotopic (exact) mass is 232 g/mol. The summed E-state index contributed by atoms with van der Waals surface area (Å²) in [6.45, 7) is 5.69. The van der Waals surface area contributed by atoms with Gasteiger partial charge in [0.25, 0.3) is 0 Å². The molecule has 1 aliphatic rings. The number of nitrogens with zero attached hydrogens (tertiary/aromatic N) is 1. The zero-order valence-corrected chi connectivity index (χ0v) is 11.0. The summed E-state index contributed by atoms with van der Waals surface area (Å²) in [6.07, 6.45) is 2.75. The van der Waals surface area contributed by atoms with Crippen LogP contribution in [0, 0.1) is 5.92 Å². The molecule has 1 aromatic carbocycles. The van der Waals surface area contributed by atoms with E-state index >= 15 is 0 Å². The number of nitrogens with one attached hydrogen (secondary N) is 1. The van der Waals surface area contributed by atoms with Gasteiger partial charge >= 0.3 is 0 Å². The number of rotatable bonds is 6. The van der Waals surface area contributed by atoms with E-state index in [0.29, 0.717) is 0 Å². The highest BCUT2D eigenvalue weighted by Crippen LogP contribution is 2.32. The predicted molar refractivity (Wildman–Crippen MR) is 73.0 cm³/mol. The summed E-state index contributed by atoms with van der Waals surface area (Å²) >= 11 is 0. The Morgan fingerprint density at radius 2 is 2.00 bits per heavy atom. The first kappa shape index (κ1) is 12.6. The van der Waals surface area contributed by atoms with Crippen molar-refractivity contribution < 1.29 is 0 Å². The van der Waals surface area contributed by atoms with E-state index in [1.807, 2.05) is 0 Å². The van der Waals surface area contributed by atoms with Gasteiger partial charge in [0, 0.05) is 12.6 Å². The minimum absolute atomic E-state index is 0.785. The molecule has 2 atom stereocenters. The Bertz CT molecular complexity index is 323. The van der Waals surface area contributed by atoms with Gasteiger partial charge in [0.1, 0.15) is 0 Å². The molecule has 94 valence electrons. The molecule has 0 aromatic heterocycles. The third kappa shape index (κ3) is 3.08. The average Bonchev–Trinajstić information content (AvgIpc) is 2.35. The Hall–Kier alpha value is -0.860. The molecule has 1 aliphatic carbocycles. The van der Waals surface area contributed by atoms with E-state index in [9.17, 15) is 0 Å². The second kappa shape index (κ2) is 6.18. The van der Waals surface area contributed by atoms with E-state index in [-0.39, 0.29) is 0 Å². The number of hydrogen-bond acceptors (Lipinski definition) is 2. The van der Waals surface area contributed by atoms with Crippen molar-refractivity contribution in [3.05, 3.63) is 35.9 Å². The minimum atomic E-state index is 0.785. The van der Waals surface area contributed by atoms with Crippen molar-refractivity contribution >= 4 is 0 Å². The molecular weight excluding hydrogens is 208 g/mol. The van der Waals surface area contributed by atoms with Crippen LogP contribution in [0.3, 0.4) is 0 Å². The Kier molecular flexibility index (Phi) is 4.57. The van der Waals surface area contributed by atoms with Crippen LogP contribution < -0.4 is 5.32 Å². The van der Waals surface area contributed by atoms with Crippen LogP contribution in [0.5, 0.6) is 0 Å². The van der Waals surface area contributed by atoms with Crippen LogP contribution in [-0.2, 0) is 6.54 Å². The molecule has 0 bridgehead atoms. The first-order chi connectivity index (χ1) is 8.35. The van der Waals surface area contributed by atoms with Gasteiger partial charge in [-0.05, 0) is 44.5 Å². The Morgan fingerprint density at radius 1 is 1.24 bits per heavy atom. The highest BCUT2D eigenvalue weighted by atomic mass is 15.2. The molecule has 0 radical (unpaired) electrons. The molecule has 1 fully saturated rings. The first-order valence-electron chi connectivity index (χ1n) is 6.77. The fourth-order valence-electron chi connectivity index (χ4n) is 2.81. The lowest BCUT2D eigenvalue weighted by molar-refractivity contribution is 0.0609. The van der Waals surface area contributed by atoms with Crippen LogP contribution in [0.25, 0.3) is 0 Å². The van der Waals surface area contributed by atoms with Crippen molar-refractivity contribution in [3.8, 4) is 0 Å². The van der Waals surface area contributed by atoms with Gasteiger partial charge in [0.2, 0.25) is 0 Å². The topological polar surface area (TPSA) is 15.3 Å². The molecule has 0 amide bonds. The van der Waals surface area contributed by atoms with Gasteiger partial charge in [0.05, 0.1) is 0 Å². The van der Waals surface area contributed by atoms with Crippen LogP contribution in [0.1, 0.15) is 25.3 Å². The summed E-state index contributed by atoms with van der Waals surface area (Å²) in [5.74, 6) is 0.851. The highest BCUT2D eigenvalue weighted by molar-refractivity contribution is 5.14. The molecular formula is C15H24N2. The second-order valence-corrected chi connectivity index (χ2v) is 5.01. The Balaban J connectivity index is 1.93. The maximum atomic E-state index is 3.32. The van der Waals surface area contributed by atoms with Crippen LogP contribution in [0.2, 0.25) is 0 Å². The molecule has 2 heteroatoms. The van der Waals surface area contributed by atoms with Gasteiger partial charge in [0.15, 0.2) is 0 Å². The van der Waals surface area contributed by atoms with Crippen molar-refractivity contribution in [2.24, 2.45) is 5.92 Å².